The van der Waals surface area contributed by atoms with Gasteiger partial charge in [0.25, 0.3) is 0 Å². The van der Waals surface area contributed by atoms with Gasteiger partial charge in [-0.25, -0.2) is 4.98 Å². The van der Waals surface area contributed by atoms with Crippen LogP contribution in [0.25, 0.3) is 0 Å². The first-order chi connectivity index (χ1) is 11.1. The molecule has 1 aromatic carbocycles. The third-order valence-electron chi connectivity index (χ3n) is 4.07. The number of nitrogens with one attached hydrogen (secondary N) is 2. The number of piperidine rings is 1. The van der Waals surface area contributed by atoms with Crippen molar-refractivity contribution in [3.05, 3.63) is 45.4 Å². The first-order valence-electron chi connectivity index (χ1n) is 7.83. The fourth-order valence-electron chi connectivity index (χ4n) is 2.83. The Morgan fingerprint density at radius 3 is 2.96 bits per heavy atom. The molecule has 6 heteroatoms. The molecule has 1 amide bonds. The summed E-state index contributed by atoms with van der Waals surface area (Å²) in [5, 5.41) is 9.07. The topological polar surface area (TPSA) is 54.0 Å². The zero-order valence-electron chi connectivity index (χ0n) is 13.0. The maximum atomic E-state index is 12.3. The van der Waals surface area contributed by atoms with Crippen molar-refractivity contribution in [2.24, 2.45) is 5.92 Å². The Morgan fingerprint density at radius 2 is 2.22 bits per heavy atom. The SMILES string of the molecule is C[C@@H]1C[C@H](C(=O)Nc2nc(Cc3ccc(Br)cc3)cs2)CCN1. The highest BCUT2D eigenvalue weighted by molar-refractivity contribution is 9.10. The standard InChI is InChI=1S/C17H20BrN3OS/c1-11-8-13(6-7-19-11)16(22)21-17-20-15(10-23-17)9-12-2-4-14(18)5-3-12/h2-5,10-11,13,19H,6-9H2,1H3,(H,20,21,22)/t11-,13-/m1/s1. The quantitative estimate of drug-likeness (QED) is 0.829. The van der Waals surface area contributed by atoms with Crippen LogP contribution in [0.4, 0.5) is 5.13 Å². The Kier molecular flexibility index (Phi) is 5.46. The van der Waals surface area contributed by atoms with E-state index >= 15 is 0 Å². The van der Waals surface area contributed by atoms with Crippen LogP contribution in [-0.2, 0) is 11.2 Å². The van der Waals surface area contributed by atoms with Crippen molar-refractivity contribution in [3.63, 3.8) is 0 Å². The lowest BCUT2D eigenvalue weighted by Crippen LogP contribution is -2.40. The van der Waals surface area contributed by atoms with Gasteiger partial charge in [-0.15, -0.1) is 11.3 Å². The number of anilines is 1. The van der Waals surface area contributed by atoms with E-state index in [1.807, 2.05) is 17.5 Å². The lowest BCUT2D eigenvalue weighted by molar-refractivity contribution is -0.120. The average molecular weight is 394 g/mol. The first-order valence-corrected chi connectivity index (χ1v) is 9.50. The number of hydrogen-bond acceptors (Lipinski definition) is 4. The van der Waals surface area contributed by atoms with Crippen molar-refractivity contribution in [1.29, 1.82) is 0 Å². The minimum absolute atomic E-state index is 0.0880. The largest absolute Gasteiger partial charge is 0.314 e. The summed E-state index contributed by atoms with van der Waals surface area (Å²) in [5.41, 5.74) is 2.20. The molecule has 2 aromatic rings. The number of aromatic nitrogens is 1. The first kappa shape index (κ1) is 16.6. The lowest BCUT2D eigenvalue weighted by Gasteiger charge is -2.26. The van der Waals surface area contributed by atoms with E-state index in [4.69, 9.17) is 0 Å². The number of carbonyl (C=O) groups excluding carboxylic acids is 1. The van der Waals surface area contributed by atoms with Crippen molar-refractivity contribution in [2.45, 2.75) is 32.2 Å². The summed E-state index contributed by atoms with van der Waals surface area (Å²) in [5.74, 6) is 0.188. The number of hydrogen-bond donors (Lipinski definition) is 2. The molecule has 0 spiro atoms. The molecular weight excluding hydrogens is 374 g/mol. The number of nitrogens with zero attached hydrogens (tertiary/aromatic N) is 1. The Bertz CT molecular complexity index is 671. The number of thiazole rings is 1. The molecule has 1 aromatic heterocycles. The highest BCUT2D eigenvalue weighted by Gasteiger charge is 2.25. The monoisotopic (exact) mass is 393 g/mol. The number of halogens is 1. The zero-order chi connectivity index (χ0) is 16.2. The predicted octanol–water partition coefficient (Wildman–Crippen LogP) is 3.82. The second-order valence-electron chi connectivity index (χ2n) is 6.01. The van der Waals surface area contributed by atoms with E-state index in [1.54, 1.807) is 0 Å². The Labute approximate surface area is 148 Å². The van der Waals surface area contributed by atoms with Crippen LogP contribution in [0, 0.1) is 5.92 Å². The molecule has 4 nitrogen and oxygen atoms in total. The van der Waals surface area contributed by atoms with Crippen molar-refractivity contribution in [2.75, 3.05) is 11.9 Å². The molecule has 0 unspecified atom stereocenters. The second-order valence-corrected chi connectivity index (χ2v) is 7.79. The van der Waals surface area contributed by atoms with Crippen LogP contribution in [0.3, 0.4) is 0 Å². The van der Waals surface area contributed by atoms with Gasteiger partial charge in [0.2, 0.25) is 5.91 Å². The van der Waals surface area contributed by atoms with E-state index in [1.165, 1.54) is 16.9 Å². The fraction of sp³-hybridized carbons (Fsp3) is 0.412. The molecule has 3 rings (SSSR count). The molecule has 1 aliphatic heterocycles. The normalized spacial score (nSPS) is 21.1. The molecule has 0 bridgehead atoms. The van der Waals surface area contributed by atoms with E-state index in [9.17, 15) is 4.79 Å². The minimum Gasteiger partial charge on any atom is -0.314 e. The van der Waals surface area contributed by atoms with Crippen LogP contribution >= 0.6 is 27.3 Å². The Morgan fingerprint density at radius 1 is 1.43 bits per heavy atom. The fourth-order valence-corrected chi connectivity index (χ4v) is 3.81. The molecule has 0 saturated carbocycles. The van der Waals surface area contributed by atoms with Gasteiger partial charge in [0.1, 0.15) is 0 Å². The summed E-state index contributed by atoms with van der Waals surface area (Å²) in [6, 6.07) is 8.63. The smallest absolute Gasteiger partial charge is 0.229 e. The molecule has 2 atom stereocenters. The molecule has 23 heavy (non-hydrogen) atoms. The van der Waals surface area contributed by atoms with E-state index in [0.717, 1.165) is 36.0 Å². The van der Waals surface area contributed by atoms with Crippen LogP contribution in [0.15, 0.2) is 34.1 Å². The zero-order valence-corrected chi connectivity index (χ0v) is 15.4. The molecule has 1 aliphatic rings. The second kappa shape index (κ2) is 7.55. The minimum atomic E-state index is 0.0880. The van der Waals surface area contributed by atoms with Crippen LogP contribution < -0.4 is 10.6 Å². The summed E-state index contributed by atoms with van der Waals surface area (Å²) in [4.78, 5) is 16.9. The lowest BCUT2D eigenvalue weighted by atomic mass is 9.92. The summed E-state index contributed by atoms with van der Waals surface area (Å²) < 4.78 is 1.07. The highest BCUT2D eigenvalue weighted by Crippen LogP contribution is 2.22. The molecule has 122 valence electrons. The van der Waals surface area contributed by atoms with E-state index in [2.05, 4.69) is 50.6 Å². The molecule has 2 N–H and O–H groups in total. The van der Waals surface area contributed by atoms with Gasteiger partial charge in [0, 0.05) is 28.2 Å². The van der Waals surface area contributed by atoms with E-state index in [0.29, 0.717) is 11.2 Å². The molecule has 2 heterocycles. The summed E-state index contributed by atoms with van der Waals surface area (Å²) >= 11 is 4.94. The van der Waals surface area contributed by atoms with Crippen molar-refractivity contribution >= 4 is 38.3 Å². The van der Waals surface area contributed by atoms with Gasteiger partial charge in [-0.1, -0.05) is 28.1 Å². The van der Waals surface area contributed by atoms with Crippen molar-refractivity contribution in [1.82, 2.24) is 10.3 Å². The number of amides is 1. The predicted molar refractivity (Wildman–Crippen MR) is 97.9 cm³/mol. The molecule has 1 saturated heterocycles. The van der Waals surface area contributed by atoms with Crippen LogP contribution in [0.1, 0.15) is 31.0 Å². The van der Waals surface area contributed by atoms with Crippen LogP contribution in [-0.4, -0.2) is 23.5 Å². The van der Waals surface area contributed by atoms with Crippen molar-refractivity contribution < 1.29 is 4.79 Å². The van der Waals surface area contributed by atoms with Gasteiger partial charge in [-0.2, -0.15) is 0 Å². The third-order valence-corrected chi connectivity index (χ3v) is 5.41. The summed E-state index contributed by atoms with van der Waals surface area (Å²) in [7, 11) is 0. The number of rotatable bonds is 4. The molecule has 0 aliphatic carbocycles. The Balaban J connectivity index is 1.58. The van der Waals surface area contributed by atoms with Gasteiger partial charge >= 0.3 is 0 Å². The van der Waals surface area contributed by atoms with Gasteiger partial charge in [-0.05, 0) is 44.0 Å². The average Bonchev–Trinajstić information content (AvgIpc) is 2.96. The van der Waals surface area contributed by atoms with Gasteiger partial charge in [-0.3, -0.25) is 4.79 Å². The summed E-state index contributed by atoms with van der Waals surface area (Å²) in [6.45, 7) is 3.03. The van der Waals surface area contributed by atoms with Gasteiger partial charge in [0.05, 0.1) is 5.69 Å². The molecular formula is C17H20BrN3OS. The van der Waals surface area contributed by atoms with E-state index in [-0.39, 0.29) is 11.8 Å². The van der Waals surface area contributed by atoms with Crippen molar-refractivity contribution in [3.8, 4) is 0 Å². The molecule has 0 radical (unpaired) electrons. The molecule has 1 fully saturated rings. The maximum Gasteiger partial charge on any atom is 0.229 e. The Hall–Kier alpha value is -1.24. The van der Waals surface area contributed by atoms with Gasteiger partial charge < -0.3 is 10.6 Å². The number of carbonyl (C=O) groups is 1. The number of benzene rings is 1. The third kappa shape index (κ3) is 4.62. The van der Waals surface area contributed by atoms with Gasteiger partial charge in [0.15, 0.2) is 5.13 Å². The maximum absolute atomic E-state index is 12.3. The highest BCUT2D eigenvalue weighted by atomic mass is 79.9. The van der Waals surface area contributed by atoms with E-state index < -0.39 is 0 Å². The summed E-state index contributed by atoms with van der Waals surface area (Å²) in [6.07, 6.45) is 2.57. The van der Waals surface area contributed by atoms with Crippen LogP contribution in [0.5, 0.6) is 0 Å². The van der Waals surface area contributed by atoms with Crippen LogP contribution in [0.2, 0.25) is 0 Å².